The molecule has 3 rings (SSSR count). The van der Waals surface area contributed by atoms with E-state index in [1.807, 2.05) is 6.07 Å². The first kappa shape index (κ1) is 17.3. The summed E-state index contributed by atoms with van der Waals surface area (Å²) in [4.78, 5) is 25.7. The van der Waals surface area contributed by atoms with Gasteiger partial charge in [0.25, 0.3) is 5.91 Å². The topological polar surface area (TPSA) is 69.6 Å². The molecule has 0 spiro atoms. The molecule has 2 aromatic carbocycles. The van der Waals surface area contributed by atoms with Crippen molar-refractivity contribution in [2.24, 2.45) is 0 Å². The van der Waals surface area contributed by atoms with Crippen LogP contribution in [0.15, 0.2) is 42.5 Å². The second-order valence-corrected chi connectivity index (χ2v) is 6.66. The van der Waals surface area contributed by atoms with E-state index in [0.717, 1.165) is 0 Å². The summed E-state index contributed by atoms with van der Waals surface area (Å²) >= 11 is 6.00. The highest BCUT2D eigenvalue weighted by molar-refractivity contribution is 6.31. The van der Waals surface area contributed by atoms with E-state index in [0.29, 0.717) is 41.1 Å². The van der Waals surface area contributed by atoms with E-state index < -0.39 is 0 Å². The third-order valence-corrected chi connectivity index (χ3v) is 4.59. The third kappa shape index (κ3) is 3.94. The van der Waals surface area contributed by atoms with Crippen LogP contribution in [0.5, 0.6) is 5.75 Å². The number of benzene rings is 2. The molecule has 2 N–H and O–H groups in total. The van der Waals surface area contributed by atoms with Crippen molar-refractivity contribution >= 4 is 23.4 Å². The quantitative estimate of drug-likeness (QED) is 0.886. The van der Waals surface area contributed by atoms with E-state index >= 15 is 0 Å². The number of nitrogens with zero attached hydrogens (tertiary/aromatic N) is 1. The molecule has 1 aliphatic rings. The van der Waals surface area contributed by atoms with Crippen LogP contribution < -0.4 is 5.32 Å². The molecule has 25 heavy (non-hydrogen) atoms. The monoisotopic (exact) mass is 358 g/mol. The highest BCUT2D eigenvalue weighted by atomic mass is 35.5. The normalized spacial score (nSPS) is 17.4. The minimum atomic E-state index is -0.198. The maximum Gasteiger partial charge on any atom is 0.251 e. The van der Waals surface area contributed by atoms with Crippen LogP contribution >= 0.6 is 11.6 Å². The highest BCUT2D eigenvalue weighted by Gasteiger charge is 2.24. The first-order valence-corrected chi connectivity index (χ1v) is 8.45. The molecule has 2 aromatic rings. The molecular formula is C19H19ClN2O3. The minimum absolute atomic E-state index is 0.0570. The largest absolute Gasteiger partial charge is 0.507 e. The summed E-state index contributed by atoms with van der Waals surface area (Å²) in [6.07, 6.45) is 1.08. The lowest BCUT2D eigenvalue weighted by Crippen LogP contribution is -2.48. The molecule has 0 unspecified atom stereocenters. The number of phenols is 1. The number of hydrogen-bond acceptors (Lipinski definition) is 3. The number of likely N-dealkylation sites (N-methyl/N-ethyl adjacent to an activating group) is 1. The second kappa shape index (κ2) is 7.15. The lowest BCUT2D eigenvalue weighted by Gasteiger charge is -2.30. The number of nitrogens with one attached hydrogen (secondary N) is 1. The first-order chi connectivity index (χ1) is 11.9. The Labute approximate surface area is 151 Å². The molecule has 1 heterocycles. The van der Waals surface area contributed by atoms with Gasteiger partial charge in [-0.1, -0.05) is 23.7 Å². The van der Waals surface area contributed by atoms with E-state index in [2.05, 4.69) is 5.32 Å². The number of aromatic hydroxyl groups is 1. The lowest BCUT2D eigenvalue weighted by atomic mass is 10.0. The Bertz CT molecular complexity index is 822. The number of carbonyl (C=O) groups excluding carboxylic acids is 2. The minimum Gasteiger partial charge on any atom is -0.507 e. The fourth-order valence-corrected chi connectivity index (χ4v) is 3.14. The van der Waals surface area contributed by atoms with Crippen LogP contribution in [0.25, 0.3) is 11.1 Å². The van der Waals surface area contributed by atoms with Crippen molar-refractivity contribution in [3.8, 4) is 16.9 Å². The lowest BCUT2D eigenvalue weighted by molar-refractivity contribution is -0.132. The van der Waals surface area contributed by atoms with E-state index in [9.17, 15) is 14.7 Å². The van der Waals surface area contributed by atoms with Crippen molar-refractivity contribution in [3.63, 3.8) is 0 Å². The van der Waals surface area contributed by atoms with Crippen LogP contribution in [-0.4, -0.2) is 41.5 Å². The van der Waals surface area contributed by atoms with Gasteiger partial charge in [0.05, 0.1) is 0 Å². The van der Waals surface area contributed by atoms with Crippen LogP contribution in [0.3, 0.4) is 0 Å². The van der Waals surface area contributed by atoms with Gasteiger partial charge in [-0.25, -0.2) is 0 Å². The van der Waals surface area contributed by atoms with Gasteiger partial charge < -0.3 is 15.3 Å². The Morgan fingerprint density at radius 3 is 2.84 bits per heavy atom. The maximum absolute atomic E-state index is 12.5. The molecule has 130 valence electrons. The SMILES string of the molecule is CN1C[C@H](NC(=O)c2cccc(-c3cc(Cl)ccc3O)c2)CCC1=O. The van der Waals surface area contributed by atoms with Gasteiger partial charge in [0, 0.05) is 42.2 Å². The zero-order chi connectivity index (χ0) is 18.0. The van der Waals surface area contributed by atoms with Gasteiger partial charge in [0.15, 0.2) is 0 Å². The first-order valence-electron chi connectivity index (χ1n) is 8.08. The van der Waals surface area contributed by atoms with E-state index in [-0.39, 0.29) is 23.6 Å². The molecular weight excluding hydrogens is 340 g/mol. The van der Waals surface area contributed by atoms with E-state index in [1.54, 1.807) is 42.3 Å². The summed E-state index contributed by atoms with van der Waals surface area (Å²) in [7, 11) is 1.74. The molecule has 1 fully saturated rings. The average Bonchev–Trinajstić information content (AvgIpc) is 2.60. The molecule has 1 atom stereocenters. The van der Waals surface area contributed by atoms with Crippen LogP contribution in [0.4, 0.5) is 0 Å². The van der Waals surface area contributed by atoms with Gasteiger partial charge in [-0.05, 0) is 42.3 Å². The molecule has 0 aromatic heterocycles. The smallest absolute Gasteiger partial charge is 0.251 e. The van der Waals surface area contributed by atoms with Crippen LogP contribution in [0, 0.1) is 0 Å². The Balaban J connectivity index is 1.78. The molecule has 0 aliphatic carbocycles. The molecule has 1 aliphatic heterocycles. The van der Waals surface area contributed by atoms with Crippen LogP contribution in [0.1, 0.15) is 23.2 Å². The Hall–Kier alpha value is -2.53. The summed E-state index contributed by atoms with van der Waals surface area (Å²) in [5, 5.41) is 13.5. The van der Waals surface area contributed by atoms with Crippen molar-refractivity contribution in [1.82, 2.24) is 10.2 Å². The van der Waals surface area contributed by atoms with Crippen LogP contribution in [0.2, 0.25) is 5.02 Å². The predicted octanol–water partition coefficient (Wildman–Crippen LogP) is 3.06. The highest BCUT2D eigenvalue weighted by Crippen LogP contribution is 2.32. The molecule has 6 heteroatoms. The predicted molar refractivity (Wildman–Crippen MR) is 96.7 cm³/mol. The van der Waals surface area contributed by atoms with Crippen molar-refractivity contribution in [1.29, 1.82) is 0 Å². The molecule has 0 saturated carbocycles. The molecule has 5 nitrogen and oxygen atoms in total. The number of rotatable bonds is 3. The number of hydrogen-bond donors (Lipinski definition) is 2. The maximum atomic E-state index is 12.5. The van der Waals surface area contributed by atoms with E-state index in [1.165, 1.54) is 6.07 Å². The molecule has 0 bridgehead atoms. The number of carbonyl (C=O) groups is 2. The third-order valence-electron chi connectivity index (χ3n) is 4.36. The molecule has 2 amide bonds. The molecule has 1 saturated heterocycles. The average molecular weight is 359 g/mol. The summed E-state index contributed by atoms with van der Waals surface area (Å²) < 4.78 is 0. The summed E-state index contributed by atoms with van der Waals surface area (Å²) in [5.41, 5.74) is 1.78. The number of phenolic OH excluding ortho intramolecular Hbond substituents is 1. The van der Waals surface area contributed by atoms with Gasteiger partial charge >= 0.3 is 0 Å². The Morgan fingerprint density at radius 2 is 2.08 bits per heavy atom. The number of piperidine rings is 1. The van der Waals surface area contributed by atoms with Gasteiger partial charge in [-0.2, -0.15) is 0 Å². The second-order valence-electron chi connectivity index (χ2n) is 6.23. The van der Waals surface area contributed by atoms with Gasteiger partial charge in [-0.15, -0.1) is 0 Å². The summed E-state index contributed by atoms with van der Waals surface area (Å²) in [6.45, 7) is 0.513. The molecule has 0 radical (unpaired) electrons. The summed E-state index contributed by atoms with van der Waals surface area (Å²) in [6, 6.07) is 11.8. The fraction of sp³-hybridized carbons (Fsp3) is 0.263. The standard InChI is InChI=1S/C19H19ClN2O3/c1-22-11-15(6-8-18(22)24)21-19(25)13-4-2-3-12(9-13)16-10-14(20)5-7-17(16)23/h2-5,7,9-10,15,23H,6,8,11H2,1H3,(H,21,25)/t15-/m1/s1. The van der Waals surface area contributed by atoms with Gasteiger partial charge in [-0.3, -0.25) is 9.59 Å². The van der Waals surface area contributed by atoms with Crippen molar-refractivity contribution in [2.45, 2.75) is 18.9 Å². The fourth-order valence-electron chi connectivity index (χ4n) is 2.97. The zero-order valence-electron chi connectivity index (χ0n) is 13.8. The van der Waals surface area contributed by atoms with Gasteiger partial charge in [0.1, 0.15) is 5.75 Å². The number of halogens is 1. The summed E-state index contributed by atoms with van der Waals surface area (Å²) in [5.74, 6) is 0.00872. The number of amides is 2. The Kier molecular flexibility index (Phi) is 4.95. The Morgan fingerprint density at radius 1 is 1.28 bits per heavy atom. The van der Waals surface area contributed by atoms with Crippen molar-refractivity contribution < 1.29 is 14.7 Å². The van der Waals surface area contributed by atoms with Gasteiger partial charge in [0.2, 0.25) is 5.91 Å². The van der Waals surface area contributed by atoms with Crippen LogP contribution in [-0.2, 0) is 4.79 Å². The van der Waals surface area contributed by atoms with E-state index in [4.69, 9.17) is 11.6 Å². The zero-order valence-corrected chi connectivity index (χ0v) is 14.6. The number of likely N-dealkylation sites (tertiary alicyclic amines) is 1. The van der Waals surface area contributed by atoms with Crippen molar-refractivity contribution in [3.05, 3.63) is 53.1 Å². The van der Waals surface area contributed by atoms with Crippen molar-refractivity contribution in [2.75, 3.05) is 13.6 Å².